The highest BCUT2D eigenvalue weighted by Gasteiger charge is 2.38. The van der Waals surface area contributed by atoms with Crippen LogP contribution in [0, 0.1) is 10.1 Å². The van der Waals surface area contributed by atoms with Crippen molar-refractivity contribution in [1.82, 2.24) is 4.90 Å². The van der Waals surface area contributed by atoms with E-state index in [-0.39, 0.29) is 6.54 Å². The monoisotopic (exact) mass is 322 g/mol. The molecule has 1 heterocycles. The molecule has 0 aliphatic carbocycles. The van der Waals surface area contributed by atoms with Gasteiger partial charge in [-0.1, -0.05) is 24.3 Å². The number of carbonyl (C=O) groups is 1. The van der Waals surface area contributed by atoms with Crippen LogP contribution in [-0.4, -0.2) is 45.3 Å². The van der Waals surface area contributed by atoms with E-state index in [2.05, 4.69) is 0 Å². The van der Waals surface area contributed by atoms with Crippen molar-refractivity contribution in [3.8, 4) is 0 Å². The van der Waals surface area contributed by atoms with Crippen LogP contribution < -0.4 is 0 Å². The molecule has 0 radical (unpaired) electrons. The highest BCUT2D eigenvalue weighted by Crippen LogP contribution is 2.27. The van der Waals surface area contributed by atoms with Gasteiger partial charge in [0.1, 0.15) is 11.7 Å². The van der Waals surface area contributed by atoms with E-state index >= 15 is 0 Å². The van der Waals surface area contributed by atoms with Gasteiger partial charge in [-0.25, -0.2) is 4.79 Å². The van der Waals surface area contributed by atoms with Crippen molar-refractivity contribution in [2.24, 2.45) is 0 Å². The summed E-state index contributed by atoms with van der Waals surface area (Å²) >= 11 is 0. The third kappa shape index (κ3) is 4.41. The van der Waals surface area contributed by atoms with E-state index in [9.17, 15) is 20.0 Å². The summed E-state index contributed by atoms with van der Waals surface area (Å²) in [4.78, 5) is 24.0. The number of ether oxygens (including phenoxy) is 1. The summed E-state index contributed by atoms with van der Waals surface area (Å²) in [6.07, 6.45) is -1.45. The average molecular weight is 322 g/mol. The second-order valence-corrected chi connectivity index (χ2v) is 6.73. The summed E-state index contributed by atoms with van der Waals surface area (Å²) in [5, 5.41) is 20.9. The lowest BCUT2D eigenvalue weighted by Gasteiger charge is -2.39. The highest BCUT2D eigenvalue weighted by atomic mass is 16.6. The number of nitro groups is 1. The van der Waals surface area contributed by atoms with Gasteiger partial charge in [0.15, 0.2) is 0 Å². The fourth-order valence-corrected chi connectivity index (χ4v) is 2.69. The maximum Gasteiger partial charge on any atom is 0.410 e. The van der Waals surface area contributed by atoms with E-state index in [0.717, 1.165) is 11.1 Å². The lowest BCUT2D eigenvalue weighted by Crippen LogP contribution is -2.53. The Kier molecular flexibility index (Phi) is 4.89. The Balaban J connectivity index is 2.27. The molecular weight excluding hydrogens is 300 g/mol. The van der Waals surface area contributed by atoms with Gasteiger partial charge >= 0.3 is 6.09 Å². The number of hydrogen-bond acceptors (Lipinski definition) is 5. The first-order valence-electron chi connectivity index (χ1n) is 7.53. The molecule has 1 aromatic carbocycles. The van der Waals surface area contributed by atoms with Crippen LogP contribution in [0.3, 0.4) is 0 Å². The van der Waals surface area contributed by atoms with Crippen molar-refractivity contribution in [2.45, 2.75) is 51.5 Å². The summed E-state index contributed by atoms with van der Waals surface area (Å²) in [7, 11) is 0. The molecule has 0 saturated carbocycles. The van der Waals surface area contributed by atoms with Crippen LogP contribution in [0.4, 0.5) is 4.79 Å². The van der Waals surface area contributed by atoms with Gasteiger partial charge in [-0.05, 0) is 38.3 Å². The van der Waals surface area contributed by atoms with Crippen molar-refractivity contribution in [1.29, 1.82) is 0 Å². The molecule has 7 nitrogen and oxygen atoms in total. The summed E-state index contributed by atoms with van der Waals surface area (Å²) in [5.74, 6) is 0. The van der Waals surface area contributed by atoms with Crippen LogP contribution in [0.15, 0.2) is 24.3 Å². The molecule has 23 heavy (non-hydrogen) atoms. The van der Waals surface area contributed by atoms with E-state index in [1.165, 1.54) is 4.90 Å². The van der Waals surface area contributed by atoms with E-state index in [4.69, 9.17) is 4.74 Å². The Morgan fingerprint density at radius 2 is 2.04 bits per heavy atom. The van der Waals surface area contributed by atoms with Crippen LogP contribution in [0.25, 0.3) is 0 Å². The molecule has 1 aromatic rings. The summed E-state index contributed by atoms with van der Waals surface area (Å²) < 4.78 is 5.38. The molecule has 2 rings (SSSR count). The van der Waals surface area contributed by atoms with Crippen molar-refractivity contribution in [2.75, 3.05) is 6.54 Å². The summed E-state index contributed by atoms with van der Waals surface area (Å²) in [5.41, 5.74) is 1.27. The van der Waals surface area contributed by atoms with Crippen LogP contribution in [0.5, 0.6) is 0 Å². The zero-order valence-electron chi connectivity index (χ0n) is 13.6. The topological polar surface area (TPSA) is 92.9 Å². The minimum Gasteiger partial charge on any atom is -0.444 e. The van der Waals surface area contributed by atoms with Crippen molar-refractivity contribution < 1.29 is 19.6 Å². The van der Waals surface area contributed by atoms with E-state index in [1.54, 1.807) is 20.8 Å². The van der Waals surface area contributed by atoms with Crippen LogP contribution >= 0.6 is 0 Å². The average Bonchev–Trinajstić information content (AvgIpc) is 2.43. The predicted octanol–water partition coefficient (Wildman–Crippen LogP) is 1.99. The zero-order chi connectivity index (χ0) is 17.2. The highest BCUT2D eigenvalue weighted by molar-refractivity contribution is 5.69. The summed E-state index contributed by atoms with van der Waals surface area (Å²) in [6.45, 7) is 4.93. The van der Waals surface area contributed by atoms with Gasteiger partial charge in [0.25, 0.3) is 0 Å². The third-order valence-electron chi connectivity index (χ3n) is 3.70. The fourth-order valence-electron chi connectivity index (χ4n) is 2.69. The first kappa shape index (κ1) is 17.2. The number of aliphatic hydroxyl groups excluding tert-OH is 1. The minimum absolute atomic E-state index is 0.268. The van der Waals surface area contributed by atoms with Gasteiger partial charge in [0.05, 0.1) is 6.04 Å². The molecule has 0 spiro atoms. The number of nitrogens with zero attached hydrogens (tertiary/aromatic N) is 2. The molecular formula is C16H22N2O5. The van der Waals surface area contributed by atoms with E-state index < -0.39 is 35.3 Å². The normalized spacial score (nSPS) is 19.0. The van der Waals surface area contributed by atoms with Gasteiger partial charge in [0.2, 0.25) is 6.54 Å². The van der Waals surface area contributed by atoms with Crippen molar-refractivity contribution in [3.63, 3.8) is 0 Å². The molecule has 126 valence electrons. The van der Waals surface area contributed by atoms with E-state index in [1.807, 2.05) is 24.3 Å². The molecule has 1 aliphatic rings. The molecule has 2 atom stereocenters. The second kappa shape index (κ2) is 6.54. The van der Waals surface area contributed by atoms with Crippen LogP contribution in [-0.2, 0) is 17.7 Å². The number of aliphatic hydroxyl groups is 1. The molecule has 0 fully saturated rings. The fraction of sp³-hybridized carbons (Fsp3) is 0.562. The zero-order valence-corrected chi connectivity index (χ0v) is 13.6. The van der Waals surface area contributed by atoms with Crippen LogP contribution in [0.1, 0.15) is 31.9 Å². The van der Waals surface area contributed by atoms with Gasteiger partial charge in [-0.15, -0.1) is 0 Å². The molecule has 7 heteroatoms. The van der Waals surface area contributed by atoms with E-state index in [0.29, 0.717) is 6.42 Å². The van der Waals surface area contributed by atoms with Gasteiger partial charge in [-0.3, -0.25) is 15.0 Å². The largest absolute Gasteiger partial charge is 0.444 e. The number of amides is 1. The first-order chi connectivity index (χ1) is 10.7. The quantitative estimate of drug-likeness (QED) is 0.678. The number of fused-ring (bicyclic) bond motifs is 1. The Hall–Kier alpha value is -2.15. The maximum atomic E-state index is 12.4. The van der Waals surface area contributed by atoms with Gasteiger partial charge < -0.3 is 9.84 Å². The van der Waals surface area contributed by atoms with Gasteiger partial charge in [0, 0.05) is 11.5 Å². The number of carbonyl (C=O) groups excluding carboxylic acids is 1. The Labute approximate surface area is 135 Å². The molecule has 0 saturated heterocycles. The van der Waals surface area contributed by atoms with Crippen LogP contribution in [0.2, 0.25) is 0 Å². The Morgan fingerprint density at radius 3 is 2.61 bits per heavy atom. The first-order valence-corrected chi connectivity index (χ1v) is 7.53. The Bertz CT molecular complexity index is 596. The van der Waals surface area contributed by atoms with Crippen molar-refractivity contribution in [3.05, 3.63) is 45.5 Å². The number of hydrogen-bond donors (Lipinski definition) is 1. The van der Waals surface area contributed by atoms with Gasteiger partial charge in [-0.2, -0.15) is 0 Å². The second-order valence-electron chi connectivity index (χ2n) is 6.73. The smallest absolute Gasteiger partial charge is 0.410 e. The molecule has 1 amide bonds. The van der Waals surface area contributed by atoms with Crippen molar-refractivity contribution >= 4 is 6.09 Å². The molecule has 1 aliphatic heterocycles. The lowest BCUT2D eigenvalue weighted by molar-refractivity contribution is -0.491. The molecule has 0 aromatic heterocycles. The summed E-state index contributed by atoms with van der Waals surface area (Å²) in [6, 6.07) is 6.89. The standard InChI is InChI=1S/C16H22N2O5/c1-16(2,3)23-15(20)17-9-12-7-5-4-6-11(12)8-13(17)14(19)10-18(21)22/h4-7,13-14,19H,8-10H2,1-3H3/t13-,14-/m1/s1. The molecule has 0 bridgehead atoms. The molecule has 1 N–H and O–H groups in total. The molecule has 0 unspecified atom stereocenters. The maximum absolute atomic E-state index is 12.4. The predicted molar refractivity (Wildman–Crippen MR) is 83.6 cm³/mol. The third-order valence-corrected chi connectivity index (χ3v) is 3.70. The number of rotatable bonds is 3. The SMILES string of the molecule is CC(C)(C)OC(=O)N1Cc2ccccc2C[C@@H]1[C@H](O)C[N+](=O)[O-]. The Morgan fingerprint density at radius 1 is 1.43 bits per heavy atom. The minimum atomic E-state index is -1.24. The lowest BCUT2D eigenvalue weighted by atomic mass is 9.91. The number of benzene rings is 1.